The lowest BCUT2D eigenvalue weighted by Crippen LogP contribution is -2.47. The molecule has 10 heteroatoms. The zero-order valence-electron chi connectivity index (χ0n) is 16.8. The van der Waals surface area contributed by atoms with Gasteiger partial charge in [-0.3, -0.25) is 4.79 Å². The fraction of sp³-hybridized carbons (Fsp3) is 0.450. The van der Waals surface area contributed by atoms with E-state index in [2.05, 4.69) is 20.6 Å². The number of halogens is 3. The van der Waals surface area contributed by atoms with Crippen molar-refractivity contribution in [2.45, 2.75) is 51.3 Å². The Balaban J connectivity index is 1.40. The Labute approximate surface area is 171 Å². The Bertz CT molecular complexity index is 974. The Kier molecular flexibility index (Phi) is 5.17. The van der Waals surface area contributed by atoms with Crippen LogP contribution in [0.2, 0.25) is 0 Å². The van der Waals surface area contributed by atoms with E-state index < -0.39 is 17.5 Å². The number of likely N-dealkylation sites (N-methyl/N-ethyl adjacent to an activating group) is 1. The van der Waals surface area contributed by atoms with Crippen LogP contribution in [-0.4, -0.2) is 41.1 Å². The fourth-order valence-corrected chi connectivity index (χ4v) is 3.77. The molecule has 160 valence electrons. The molecule has 2 N–H and O–H groups in total. The van der Waals surface area contributed by atoms with E-state index in [1.54, 1.807) is 6.92 Å². The largest absolute Gasteiger partial charge is 0.490 e. The lowest BCUT2D eigenvalue weighted by molar-refractivity contribution is -0.117. The summed E-state index contributed by atoms with van der Waals surface area (Å²) < 4.78 is 45.2. The summed E-state index contributed by atoms with van der Waals surface area (Å²) in [7, 11) is 1.83. The summed E-state index contributed by atoms with van der Waals surface area (Å²) in [4.78, 5) is 23.0. The predicted molar refractivity (Wildman–Crippen MR) is 105 cm³/mol. The molecule has 1 amide bonds. The van der Waals surface area contributed by atoms with Crippen molar-refractivity contribution in [1.82, 2.24) is 9.97 Å². The van der Waals surface area contributed by atoms with Crippen LogP contribution in [0.3, 0.4) is 0 Å². The Morgan fingerprint density at radius 2 is 1.90 bits per heavy atom. The SMILES string of the molecule is CC[C@H]1C(=O)Nc2c(C)nc(N[C@H]3C[C@H](Oc4cc(F)c(F)c(F)c4)C3)nc2N1C. The topological polar surface area (TPSA) is 79.4 Å². The maximum atomic E-state index is 13.3. The predicted octanol–water partition coefficient (Wildman–Crippen LogP) is 3.39. The minimum atomic E-state index is -1.51. The molecule has 4 rings (SSSR count). The summed E-state index contributed by atoms with van der Waals surface area (Å²) in [5.74, 6) is -3.10. The summed E-state index contributed by atoms with van der Waals surface area (Å²) in [6.45, 7) is 3.74. The van der Waals surface area contributed by atoms with E-state index in [0.717, 1.165) is 12.1 Å². The summed E-state index contributed by atoms with van der Waals surface area (Å²) in [6, 6.07) is 1.40. The molecular weight excluding hydrogens is 399 g/mol. The molecule has 0 saturated heterocycles. The van der Waals surface area contributed by atoms with Gasteiger partial charge in [-0.1, -0.05) is 6.92 Å². The number of aryl methyl sites for hydroxylation is 1. The average Bonchev–Trinajstić information content (AvgIpc) is 2.65. The molecule has 1 atom stereocenters. The Hall–Kier alpha value is -3.04. The first-order valence-electron chi connectivity index (χ1n) is 9.76. The van der Waals surface area contributed by atoms with Crippen molar-refractivity contribution in [3.8, 4) is 5.75 Å². The van der Waals surface area contributed by atoms with Gasteiger partial charge in [-0.15, -0.1) is 0 Å². The number of hydrogen-bond donors (Lipinski definition) is 2. The highest BCUT2D eigenvalue weighted by atomic mass is 19.2. The molecule has 1 aliphatic carbocycles. The lowest BCUT2D eigenvalue weighted by Gasteiger charge is -2.37. The molecule has 1 aliphatic heterocycles. The second-order valence-electron chi connectivity index (χ2n) is 7.61. The molecule has 1 saturated carbocycles. The molecule has 2 heterocycles. The zero-order chi connectivity index (χ0) is 21.6. The summed E-state index contributed by atoms with van der Waals surface area (Å²) in [6.07, 6.45) is 1.55. The second kappa shape index (κ2) is 7.66. The van der Waals surface area contributed by atoms with Gasteiger partial charge in [0.25, 0.3) is 0 Å². The van der Waals surface area contributed by atoms with Gasteiger partial charge in [0.05, 0.1) is 5.69 Å². The number of carbonyl (C=O) groups is 1. The van der Waals surface area contributed by atoms with Crippen molar-refractivity contribution in [2.24, 2.45) is 0 Å². The number of nitrogens with zero attached hydrogens (tertiary/aromatic N) is 3. The third-order valence-electron chi connectivity index (χ3n) is 5.50. The molecule has 0 radical (unpaired) electrons. The van der Waals surface area contributed by atoms with Crippen LogP contribution in [0.5, 0.6) is 5.75 Å². The number of amides is 1. The van der Waals surface area contributed by atoms with Gasteiger partial charge >= 0.3 is 0 Å². The molecule has 0 bridgehead atoms. The molecule has 30 heavy (non-hydrogen) atoms. The van der Waals surface area contributed by atoms with Gasteiger partial charge in [0.2, 0.25) is 11.9 Å². The quantitative estimate of drug-likeness (QED) is 0.721. The molecule has 2 aromatic rings. The van der Waals surface area contributed by atoms with Crippen LogP contribution in [0.25, 0.3) is 0 Å². The van der Waals surface area contributed by atoms with Crippen LogP contribution < -0.4 is 20.3 Å². The van der Waals surface area contributed by atoms with Crippen molar-refractivity contribution in [3.05, 3.63) is 35.3 Å². The highest BCUT2D eigenvalue weighted by Crippen LogP contribution is 2.34. The van der Waals surface area contributed by atoms with Gasteiger partial charge in [0, 0.05) is 38.1 Å². The van der Waals surface area contributed by atoms with E-state index in [0.29, 0.717) is 42.4 Å². The maximum absolute atomic E-state index is 13.3. The average molecular weight is 421 g/mol. The maximum Gasteiger partial charge on any atom is 0.247 e. The number of aromatic nitrogens is 2. The van der Waals surface area contributed by atoms with E-state index in [4.69, 9.17) is 4.74 Å². The Morgan fingerprint density at radius 1 is 1.23 bits per heavy atom. The molecular formula is C20H22F3N5O2. The van der Waals surface area contributed by atoms with E-state index >= 15 is 0 Å². The molecule has 1 aromatic heterocycles. The van der Waals surface area contributed by atoms with Gasteiger partial charge in [0.1, 0.15) is 23.6 Å². The summed E-state index contributed by atoms with van der Waals surface area (Å²) >= 11 is 0. The van der Waals surface area contributed by atoms with Crippen molar-refractivity contribution in [1.29, 1.82) is 0 Å². The van der Waals surface area contributed by atoms with Crippen molar-refractivity contribution in [2.75, 3.05) is 22.6 Å². The molecule has 0 spiro atoms. The smallest absolute Gasteiger partial charge is 0.247 e. The van der Waals surface area contributed by atoms with Crippen LogP contribution >= 0.6 is 0 Å². The van der Waals surface area contributed by atoms with Gasteiger partial charge in [-0.2, -0.15) is 4.98 Å². The number of nitrogens with one attached hydrogen (secondary N) is 2. The third kappa shape index (κ3) is 3.61. The first kappa shape index (κ1) is 20.2. The number of rotatable bonds is 5. The number of carbonyl (C=O) groups excluding carboxylic acids is 1. The van der Waals surface area contributed by atoms with Crippen molar-refractivity contribution in [3.63, 3.8) is 0 Å². The number of benzene rings is 1. The molecule has 1 fully saturated rings. The minimum absolute atomic E-state index is 0.0213. The van der Waals surface area contributed by atoms with E-state index in [-0.39, 0.29) is 29.8 Å². The van der Waals surface area contributed by atoms with Crippen LogP contribution in [0.1, 0.15) is 31.9 Å². The second-order valence-corrected chi connectivity index (χ2v) is 7.61. The fourth-order valence-electron chi connectivity index (χ4n) is 3.77. The molecule has 1 aromatic carbocycles. The first-order chi connectivity index (χ1) is 14.3. The molecule has 2 aliphatic rings. The highest BCUT2D eigenvalue weighted by Gasteiger charge is 2.34. The highest BCUT2D eigenvalue weighted by molar-refractivity contribution is 6.03. The minimum Gasteiger partial charge on any atom is -0.490 e. The summed E-state index contributed by atoms with van der Waals surface area (Å²) in [5, 5.41) is 6.11. The van der Waals surface area contributed by atoms with E-state index in [1.807, 2.05) is 18.9 Å². The standard InChI is InChI=1S/C20H22F3N5O2/c1-4-15-19(29)26-17-9(2)24-20(27-18(17)28(15)3)25-10-5-11(6-10)30-12-7-13(21)16(23)14(22)8-12/h7-8,10-11,15H,4-6H2,1-3H3,(H,26,29)(H,24,25,27)/t10-,11-,15-/m0/s1. The molecule has 0 unspecified atom stereocenters. The van der Waals surface area contributed by atoms with Crippen molar-refractivity contribution < 1.29 is 22.7 Å². The number of ether oxygens (including phenoxy) is 1. The zero-order valence-corrected chi connectivity index (χ0v) is 16.8. The first-order valence-corrected chi connectivity index (χ1v) is 9.76. The third-order valence-corrected chi connectivity index (χ3v) is 5.50. The van der Waals surface area contributed by atoms with E-state index in [1.165, 1.54) is 0 Å². The lowest BCUT2D eigenvalue weighted by atomic mass is 9.89. The molecule has 7 nitrogen and oxygen atoms in total. The number of fused-ring (bicyclic) bond motifs is 1. The van der Waals surface area contributed by atoms with Gasteiger partial charge in [-0.05, 0) is 13.3 Å². The van der Waals surface area contributed by atoms with Crippen LogP contribution in [0, 0.1) is 24.4 Å². The number of anilines is 3. The van der Waals surface area contributed by atoms with Gasteiger partial charge in [-0.25, -0.2) is 18.2 Å². The van der Waals surface area contributed by atoms with Crippen molar-refractivity contribution >= 4 is 23.4 Å². The van der Waals surface area contributed by atoms with Gasteiger partial charge in [0.15, 0.2) is 23.3 Å². The van der Waals surface area contributed by atoms with Crippen LogP contribution in [-0.2, 0) is 4.79 Å². The monoisotopic (exact) mass is 421 g/mol. The van der Waals surface area contributed by atoms with Gasteiger partial charge < -0.3 is 20.3 Å². The van der Waals surface area contributed by atoms with Crippen LogP contribution in [0.4, 0.5) is 30.6 Å². The normalized spacial score (nSPS) is 22.8. The Morgan fingerprint density at radius 3 is 2.53 bits per heavy atom. The van der Waals surface area contributed by atoms with Crippen LogP contribution in [0.15, 0.2) is 12.1 Å². The van der Waals surface area contributed by atoms with E-state index in [9.17, 15) is 18.0 Å². The summed E-state index contributed by atoms with van der Waals surface area (Å²) in [5.41, 5.74) is 1.26. The number of hydrogen-bond acceptors (Lipinski definition) is 6.